The van der Waals surface area contributed by atoms with Gasteiger partial charge in [-0.3, -0.25) is 9.89 Å². The molecule has 6 nitrogen and oxygen atoms in total. The summed E-state index contributed by atoms with van der Waals surface area (Å²) in [7, 11) is 0. The predicted molar refractivity (Wildman–Crippen MR) is 61.7 cm³/mol. The zero-order chi connectivity index (χ0) is 13.2. The molecule has 17 heavy (non-hydrogen) atoms. The van der Waals surface area contributed by atoms with Crippen LogP contribution in [0.25, 0.3) is 0 Å². The van der Waals surface area contributed by atoms with E-state index in [-0.39, 0.29) is 5.69 Å². The number of hydrogen-bond acceptors (Lipinski definition) is 3. The zero-order valence-electron chi connectivity index (χ0n) is 10.4. The number of amides is 1. The van der Waals surface area contributed by atoms with Gasteiger partial charge in [-0.05, 0) is 18.4 Å². The van der Waals surface area contributed by atoms with Gasteiger partial charge in [0.25, 0.3) is 5.91 Å². The summed E-state index contributed by atoms with van der Waals surface area (Å²) in [6.07, 6.45) is 0. The van der Waals surface area contributed by atoms with Crippen molar-refractivity contribution in [3.8, 4) is 0 Å². The normalized spacial score (nSPS) is 13.2. The van der Waals surface area contributed by atoms with Crippen molar-refractivity contribution < 1.29 is 14.7 Å². The number of carboxylic acids is 1. The predicted octanol–water partition coefficient (Wildman–Crippen LogP) is 0.947. The van der Waals surface area contributed by atoms with Gasteiger partial charge >= 0.3 is 5.97 Å². The number of rotatable bonds is 3. The summed E-state index contributed by atoms with van der Waals surface area (Å²) in [6, 6.07) is 0.615. The van der Waals surface area contributed by atoms with Gasteiger partial charge in [0.05, 0.1) is 0 Å². The Morgan fingerprint density at radius 3 is 2.41 bits per heavy atom. The van der Waals surface area contributed by atoms with Crippen LogP contribution in [0.15, 0.2) is 6.07 Å². The fourth-order valence-electron chi connectivity index (χ4n) is 1.39. The van der Waals surface area contributed by atoms with Crippen LogP contribution in [0.5, 0.6) is 0 Å². The molecule has 3 N–H and O–H groups in total. The number of H-pyrrole nitrogens is 1. The van der Waals surface area contributed by atoms with Crippen molar-refractivity contribution >= 4 is 11.9 Å². The average molecular weight is 239 g/mol. The Morgan fingerprint density at radius 2 is 2.06 bits per heavy atom. The minimum Gasteiger partial charge on any atom is -0.480 e. The third kappa shape index (κ3) is 3.30. The van der Waals surface area contributed by atoms with Gasteiger partial charge in [0.1, 0.15) is 11.7 Å². The highest BCUT2D eigenvalue weighted by Gasteiger charge is 2.33. The lowest BCUT2D eigenvalue weighted by molar-refractivity contribution is -0.142. The first-order valence-corrected chi connectivity index (χ1v) is 5.27. The Hall–Kier alpha value is -1.85. The molecule has 0 bridgehead atoms. The van der Waals surface area contributed by atoms with Gasteiger partial charge < -0.3 is 10.4 Å². The Morgan fingerprint density at radius 1 is 1.47 bits per heavy atom. The van der Waals surface area contributed by atoms with Crippen LogP contribution in [0.2, 0.25) is 0 Å². The molecular weight excluding hydrogens is 222 g/mol. The number of nitrogens with zero attached hydrogens (tertiary/aromatic N) is 1. The zero-order valence-corrected chi connectivity index (χ0v) is 10.4. The number of aromatic nitrogens is 2. The molecule has 0 aliphatic rings. The first-order valence-electron chi connectivity index (χ1n) is 5.27. The third-order valence-electron chi connectivity index (χ3n) is 2.33. The summed E-state index contributed by atoms with van der Waals surface area (Å²) >= 11 is 0. The van der Waals surface area contributed by atoms with Crippen molar-refractivity contribution in [3.63, 3.8) is 0 Å². The average Bonchev–Trinajstić information content (AvgIpc) is 2.58. The minimum atomic E-state index is -1.06. The second kappa shape index (κ2) is 4.57. The number of nitrogens with one attached hydrogen (secondary N) is 2. The fourth-order valence-corrected chi connectivity index (χ4v) is 1.39. The molecule has 0 aliphatic carbocycles. The first kappa shape index (κ1) is 13.2. The van der Waals surface area contributed by atoms with Crippen molar-refractivity contribution in [2.45, 2.75) is 33.7 Å². The van der Waals surface area contributed by atoms with E-state index < -0.39 is 23.3 Å². The summed E-state index contributed by atoms with van der Waals surface area (Å²) in [5, 5.41) is 17.9. The van der Waals surface area contributed by atoms with Gasteiger partial charge in [0.15, 0.2) is 0 Å². The SMILES string of the molecule is Cc1cc(C(=O)N[C@@H](C(=O)O)C(C)(C)C)n[nH]1. The van der Waals surface area contributed by atoms with Crippen molar-refractivity contribution in [3.05, 3.63) is 17.5 Å². The lowest BCUT2D eigenvalue weighted by Gasteiger charge is -2.27. The summed E-state index contributed by atoms with van der Waals surface area (Å²) < 4.78 is 0. The molecule has 1 atom stereocenters. The molecular formula is C11H17N3O3. The summed E-state index contributed by atoms with van der Waals surface area (Å²) in [4.78, 5) is 22.8. The van der Waals surface area contributed by atoms with Gasteiger partial charge in [-0.15, -0.1) is 0 Å². The van der Waals surface area contributed by atoms with Crippen LogP contribution in [0.4, 0.5) is 0 Å². The molecule has 0 radical (unpaired) electrons. The molecule has 0 unspecified atom stereocenters. The largest absolute Gasteiger partial charge is 0.480 e. The second-order valence-electron chi connectivity index (χ2n) is 5.05. The number of aryl methyl sites for hydroxylation is 1. The van der Waals surface area contributed by atoms with Crippen LogP contribution in [0.1, 0.15) is 37.0 Å². The quantitative estimate of drug-likeness (QED) is 0.731. The lowest BCUT2D eigenvalue weighted by atomic mass is 9.86. The van der Waals surface area contributed by atoms with Crippen molar-refractivity contribution in [2.24, 2.45) is 5.41 Å². The smallest absolute Gasteiger partial charge is 0.326 e. The highest BCUT2D eigenvalue weighted by molar-refractivity contribution is 5.95. The molecule has 1 aromatic heterocycles. The maximum absolute atomic E-state index is 11.8. The van der Waals surface area contributed by atoms with Crippen LogP contribution >= 0.6 is 0 Å². The van der Waals surface area contributed by atoms with Gasteiger partial charge in [0.2, 0.25) is 0 Å². The van der Waals surface area contributed by atoms with E-state index in [1.54, 1.807) is 33.8 Å². The molecule has 1 heterocycles. The first-order chi connectivity index (χ1) is 7.71. The number of aromatic amines is 1. The maximum atomic E-state index is 11.8. The molecule has 0 saturated carbocycles. The topological polar surface area (TPSA) is 95.1 Å². The van der Waals surface area contributed by atoms with Crippen LogP contribution < -0.4 is 5.32 Å². The molecule has 0 saturated heterocycles. The summed E-state index contributed by atoms with van der Waals surface area (Å²) in [5.74, 6) is -1.55. The molecule has 94 valence electrons. The number of carbonyl (C=O) groups excluding carboxylic acids is 1. The van der Waals surface area contributed by atoms with E-state index in [2.05, 4.69) is 15.5 Å². The van der Waals surface area contributed by atoms with Gasteiger partial charge in [-0.1, -0.05) is 20.8 Å². The highest BCUT2D eigenvalue weighted by Crippen LogP contribution is 2.19. The highest BCUT2D eigenvalue weighted by atomic mass is 16.4. The Balaban J connectivity index is 2.82. The standard InChI is InChI=1S/C11H17N3O3/c1-6-5-7(14-13-6)9(15)12-8(10(16)17)11(2,3)4/h5,8H,1-4H3,(H,12,15)(H,13,14)(H,16,17)/t8-/m0/s1. The van der Waals surface area contributed by atoms with E-state index in [0.717, 1.165) is 5.69 Å². The second-order valence-corrected chi connectivity index (χ2v) is 5.05. The van der Waals surface area contributed by atoms with E-state index in [1.165, 1.54) is 0 Å². The van der Waals surface area contributed by atoms with E-state index in [4.69, 9.17) is 5.11 Å². The van der Waals surface area contributed by atoms with E-state index in [9.17, 15) is 9.59 Å². The number of aliphatic carboxylic acids is 1. The van der Waals surface area contributed by atoms with Crippen molar-refractivity contribution in [1.29, 1.82) is 0 Å². The van der Waals surface area contributed by atoms with Crippen molar-refractivity contribution in [1.82, 2.24) is 15.5 Å². The van der Waals surface area contributed by atoms with Crippen molar-refractivity contribution in [2.75, 3.05) is 0 Å². The van der Waals surface area contributed by atoms with Gasteiger partial charge in [0, 0.05) is 5.69 Å². The fraction of sp³-hybridized carbons (Fsp3) is 0.545. The molecule has 0 fully saturated rings. The Kier molecular flexibility index (Phi) is 3.55. The van der Waals surface area contributed by atoms with E-state index in [1.807, 2.05) is 0 Å². The van der Waals surface area contributed by atoms with Gasteiger partial charge in [-0.25, -0.2) is 4.79 Å². The number of hydrogen-bond donors (Lipinski definition) is 3. The Labute approximate surface area is 99.4 Å². The van der Waals surface area contributed by atoms with E-state index in [0.29, 0.717) is 0 Å². The van der Waals surface area contributed by atoms with Crippen LogP contribution in [-0.4, -0.2) is 33.2 Å². The molecule has 1 aromatic rings. The maximum Gasteiger partial charge on any atom is 0.326 e. The third-order valence-corrected chi connectivity index (χ3v) is 2.33. The molecule has 1 amide bonds. The van der Waals surface area contributed by atoms with Crippen LogP contribution in [-0.2, 0) is 4.79 Å². The van der Waals surface area contributed by atoms with Crippen LogP contribution in [0.3, 0.4) is 0 Å². The Bertz CT molecular complexity index is 431. The number of carboxylic acid groups (broad SMARTS) is 1. The molecule has 0 aromatic carbocycles. The molecule has 1 rings (SSSR count). The van der Waals surface area contributed by atoms with Gasteiger partial charge in [-0.2, -0.15) is 5.10 Å². The van der Waals surface area contributed by atoms with Crippen LogP contribution in [0, 0.1) is 12.3 Å². The summed E-state index contributed by atoms with van der Waals surface area (Å²) in [5.41, 5.74) is 0.378. The molecule has 0 spiro atoms. The number of carbonyl (C=O) groups is 2. The molecule has 6 heteroatoms. The lowest BCUT2D eigenvalue weighted by Crippen LogP contribution is -2.49. The summed E-state index contributed by atoms with van der Waals surface area (Å²) in [6.45, 7) is 7.02. The monoisotopic (exact) mass is 239 g/mol. The molecule has 0 aliphatic heterocycles. The minimum absolute atomic E-state index is 0.193. The van der Waals surface area contributed by atoms with E-state index >= 15 is 0 Å².